The second-order valence-corrected chi connectivity index (χ2v) is 1.67. The molecule has 2 nitrogen and oxygen atoms in total. The zero-order valence-electron chi connectivity index (χ0n) is 5.81. The quantitative estimate of drug-likeness (QED) is 0.422. The first-order valence-corrected chi connectivity index (χ1v) is 3.07. The van der Waals surface area contributed by atoms with Gasteiger partial charge in [-0.2, -0.15) is 0 Å². The minimum absolute atomic E-state index is 0.679. The molecule has 0 radical (unpaired) electrons. The van der Waals surface area contributed by atoms with Crippen molar-refractivity contribution < 1.29 is 4.74 Å². The third kappa shape index (κ3) is 7.48. The Labute approximate surface area is 56.6 Å². The Hall–Kier alpha value is -0.520. The summed E-state index contributed by atoms with van der Waals surface area (Å²) in [5.74, 6) is 2.50. The Morgan fingerprint density at radius 3 is 2.89 bits per heavy atom. The van der Waals surface area contributed by atoms with E-state index < -0.39 is 0 Å². The maximum atomic E-state index is 5.11. The summed E-state index contributed by atoms with van der Waals surface area (Å²) in [5.41, 5.74) is 0. The molecule has 0 aliphatic rings. The van der Waals surface area contributed by atoms with Crippen LogP contribution in [-0.2, 0) is 4.74 Å². The molecule has 0 unspecified atom stereocenters. The molecule has 0 aliphatic heterocycles. The van der Waals surface area contributed by atoms with Crippen molar-refractivity contribution in [3.63, 3.8) is 0 Å². The molecule has 1 N–H and O–H groups in total. The number of hydrogen-bond donors (Lipinski definition) is 1. The Morgan fingerprint density at radius 1 is 1.56 bits per heavy atom. The topological polar surface area (TPSA) is 21.3 Å². The molecule has 0 amide bonds. The molecule has 2 heteroatoms. The molecule has 0 aliphatic carbocycles. The number of terminal acetylenes is 1. The van der Waals surface area contributed by atoms with Crippen molar-refractivity contribution in [1.82, 2.24) is 5.32 Å². The van der Waals surface area contributed by atoms with Crippen molar-refractivity contribution >= 4 is 0 Å². The molecule has 0 atom stereocenters. The number of nitrogens with one attached hydrogen (secondary N) is 1. The lowest BCUT2D eigenvalue weighted by atomic mass is 10.5. The van der Waals surface area contributed by atoms with Crippen LogP contribution >= 0.6 is 0 Å². The van der Waals surface area contributed by atoms with Crippen LogP contribution in [0.25, 0.3) is 0 Å². The molecule has 0 aromatic heterocycles. The van der Waals surface area contributed by atoms with Crippen LogP contribution in [0, 0.1) is 12.3 Å². The lowest BCUT2D eigenvalue weighted by Crippen LogP contribution is -2.14. The van der Waals surface area contributed by atoms with Gasteiger partial charge in [0, 0.05) is 13.0 Å². The maximum absolute atomic E-state index is 5.11. The highest BCUT2D eigenvalue weighted by atomic mass is 16.5. The van der Waals surface area contributed by atoms with Crippen LogP contribution in [0.5, 0.6) is 0 Å². The summed E-state index contributed by atoms with van der Waals surface area (Å²) in [6.45, 7) is 2.32. The minimum Gasteiger partial charge on any atom is -0.379 e. The van der Waals surface area contributed by atoms with E-state index in [1.54, 1.807) is 0 Å². The molecule has 0 fully saturated rings. The van der Waals surface area contributed by atoms with E-state index in [0.29, 0.717) is 13.0 Å². The van der Waals surface area contributed by atoms with Crippen molar-refractivity contribution in [3.05, 3.63) is 0 Å². The van der Waals surface area contributed by atoms with Crippen molar-refractivity contribution in [3.8, 4) is 12.3 Å². The number of ether oxygens (including phenoxy) is 1. The van der Waals surface area contributed by atoms with Gasteiger partial charge in [0.25, 0.3) is 0 Å². The summed E-state index contributed by atoms with van der Waals surface area (Å²) in [6, 6.07) is 0. The van der Waals surface area contributed by atoms with Gasteiger partial charge < -0.3 is 10.1 Å². The summed E-state index contributed by atoms with van der Waals surface area (Å²) < 4.78 is 5.11. The monoisotopic (exact) mass is 127 g/mol. The van der Waals surface area contributed by atoms with Gasteiger partial charge in [-0.05, 0) is 7.05 Å². The standard InChI is InChI=1S/C7H13NO/c1-3-4-6-9-7-5-8-2/h1,8H,4-7H2,2H3. The number of likely N-dealkylation sites (N-methyl/N-ethyl adjacent to an activating group) is 1. The van der Waals surface area contributed by atoms with E-state index in [9.17, 15) is 0 Å². The highest BCUT2D eigenvalue weighted by Gasteiger charge is 1.82. The van der Waals surface area contributed by atoms with Gasteiger partial charge in [0.2, 0.25) is 0 Å². The number of rotatable bonds is 5. The molecular formula is C7H13NO. The summed E-state index contributed by atoms with van der Waals surface area (Å²) >= 11 is 0. The van der Waals surface area contributed by atoms with Gasteiger partial charge in [0.05, 0.1) is 13.2 Å². The molecule has 0 rings (SSSR count). The second-order valence-electron chi connectivity index (χ2n) is 1.67. The molecular weight excluding hydrogens is 114 g/mol. The van der Waals surface area contributed by atoms with Crippen LogP contribution in [0.3, 0.4) is 0 Å². The van der Waals surface area contributed by atoms with Gasteiger partial charge in [-0.3, -0.25) is 0 Å². The summed E-state index contributed by atoms with van der Waals surface area (Å²) in [5, 5.41) is 2.97. The van der Waals surface area contributed by atoms with Crippen LogP contribution < -0.4 is 5.32 Å². The normalized spacial score (nSPS) is 8.89. The first-order chi connectivity index (χ1) is 4.41. The fourth-order valence-electron chi connectivity index (χ4n) is 0.407. The van der Waals surface area contributed by atoms with E-state index in [0.717, 1.165) is 13.2 Å². The Kier molecular flexibility index (Phi) is 7.05. The summed E-state index contributed by atoms with van der Waals surface area (Å²) in [6.07, 6.45) is 5.71. The Bertz CT molecular complexity index is 85.4. The molecule has 52 valence electrons. The van der Waals surface area contributed by atoms with Crippen LogP contribution in [0.15, 0.2) is 0 Å². The van der Waals surface area contributed by atoms with E-state index >= 15 is 0 Å². The fraction of sp³-hybridized carbons (Fsp3) is 0.714. The lowest BCUT2D eigenvalue weighted by Gasteiger charge is -1.98. The highest BCUT2D eigenvalue weighted by Crippen LogP contribution is 1.77. The van der Waals surface area contributed by atoms with Crippen LogP contribution in [0.1, 0.15) is 6.42 Å². The summed E-state index contributed by atoms with van der Waals surface area (Å²) in [4.78, 5) is 0. The maximum Gasteiger partial charge on any atom is 0.0591 e. The highest BCUT2D eigenvalue weighted by molar-refractivity contribution is 4.82. The van der Waals surface area contributed by atoms with Crippen LogP contribution in [0.2, 0.25) is 0 Å². The molecule has 9 heavy (non-hydrogen) atoms. The molecule has 0 aromatic rings. The van der Waals surface area contributed by atoms with Crippen molar-refractivity contribution in [1.29, 1.82) is 0 Å². The van der Waals surface area contributed by atoms with E-state index in [-0.39, 0.29) is 0 Å². The SMILES string of the molecule is C#CCCOCCNC. The zero-order valence-corrected chi connectivity index (χ0v) is 5.81. The van der Waals surface area contributed by atoms with Gasteiger partial charge in [-0.25, -0.2) is 0 Å². The van der Waals surface area contributed by atoms with Gasteiger partial charge >= 0.3 is 0 Å². The largest absolute Gasteiger partial charge is 0.379 e. The first kappa shape index (κ1) is 8.48. The lowest BCUT2D eigenvalue weighted by molar-refractivity contribution is 0.143. The van der Waals surface area contributed by atoms with Crippen molar-refractivity contribution in [2.24, 2.45) is 0 Å². The third-order valence-corrected chi connectivity index (χ3v) is 0.887. The number of hydrogen-bond acceptors (Lipinski definition) is 2. The van der Waals surface area contributed by atoms with Gasteiger partial charge in [-0.15, -0.1) is 12.3 Å². The molecule has 0 heterocycles. The molecule has 0 spiro atoms. The molecule has 0 saturated heterocycles. The predicted molar refractivity (Wildman–Crippen MR) is 38.2 cm³/mol. The fourth-order valence-corrected chi connectivity index (χ4v) is 0.407. The van der Waals surface area contributed by atoms with E-state index in [2.05, 4.69) is 11.2 Å². The van der Waals surface area contributed by atoms with Crippen molar-refractivity contribution in [2.45, 2.75) is 6.42 Å². The second kappa shape index (κ2) is 7.48. The minimum atomic E-state index is 0.679. The average Bonchev–Trinajstić information content (AvgIpc) is 1.89. The Balaban J connectivity index is 2.69. The third-order valence-electron chi connectivity index (χ3n) is 0.887. The average molecular weight is 127 g/mol. The molecule has 0 saturated carbocycles. The van der Waals surface area contributed by atoms with Gasteiger partial charge in [-0.1, -0.05) is 0 Å². The molecule has 0 aromatic carbocycles. The smallest absolute Gasteiger partial charge is 0.0591 e. The van der Waals surface area contributed by atoms with E-state index in [4.69, 9.17) is 11.2 Å². The Morgan fingerprint density at radius 2 is 2.33 bits per heavy atom. The van der Waals surface area contributed by atoms with Crippen molar-refractivity contribution in [2.75, 3.05) is 26.8 Å². The predicted octanol–water partition coefficient (Wildman–Crippen LogP) is 0.246. The van der Waals surface area contributed by atoms with E-state index in [1.165, 1.54) is 0 Å². The molecule has 0 bridgehead atoms. The first-order valence-electron chi connectivity index (χ1n) is 3.07. The van der Waals surface area contributed by atoms with E-state index in [1.807, 2.05) is 7.05 Å². The van der Waals surface area contributed by atoms with Crippen LogP contribution in [0.4, 0.5) is 0 Å². The zero-order chi connectivity index (χ0) is 6.95. The van der Waals surface area contributed by atoms with Gasteiger partial charge in [0.1, 0.15) is 0 Å². The summed E-state index contributed by atoms with van der Waals surface area (Å²) in [7, 11) is 1.89. The van der Waals surface area contributed by atoms with Crippen LogP contribution in [-0.4, -0.2) is 26.8 Å². The van der Waals surface area contributed by atoms with Gasteiger partial charge in [0.15, 0.2) is 0 Å².